The Kier molecular flexibility index (Phi) is 4.04. The predicted molar refractivity (Wildman–Crippen MR) is 84.9 cm³/mol. The highest BCUT2D eigenvalue weighted by Crippen LogP contribution is 2.23. The summed E-state index contributed by atoms with van der Waals surface area (Å²) in [5.74, 6) is -1.63. The summed E-state index contributed by atoms with van der Waals surface area (Å²) in [6.07, 6.45) is 0. The summed E-state index contributed by atoms with van der Waals surface area (Å²) < 4.78 is 5.08. The molecule has 3 rings (SSSR count). The lowest BCUT2D eigenvalue weighted by molar-refractivity contribution is 0.0417. The molecule has 0 aromatic heterocycles. The molecule has 2 aromatic carbocycles. The minimum absolute atomic E-state index is 0.0370. The van der Waals surface area contributed by atoms with E-state index < -0.39 is 17.8 Å². The minimum Gasteiger partial charge on any atom is -0.507 e. The van der Waals surface area contributed by atoms with Crippen molar-refractivity contribution in [1.82, 2.24) is 4.90 Å². The summed E-state index contributed by atoms with van der Waals surface area (Å²) in [5, 5.41) is 9.86. The Morgan fingerprint density at radius 2 is 1.67 bits per heavy atom. The SMILES string of the molecule is Cc1cccc(C(=O)OCCN2C(=O)c3ccccc3C2=O)c1O. The van der Waals surface area contributed by atoms with E-state index in [-0.39, 0.29) is 24.5 Å². The summed E-state index contributed by atoms with van der Waals surface area (Å²) in [6.45, 7) is 1.49. The van der Waals surface area contributed by atoms with E-state index in [9.17, 15) is 19.5 Å². The van der Waals surface area contributed by atoms with Crippen LogP contribution in [0.3, 0.4) is 0 Å². The normalized spacial score (nSPS) is 13.1. The van der Waals surface area contributed by atoms with Crippen molar-refractivity contribution in [2.24, 2.45) is 0 Å². The Balaban J connectivity index is 1.63. The number of phenolic OH excluding ortho intramolecular Hbond substituents is 1. The average molecular weight is 325 g/mol. The maximum absolute atomic E-state index is 12.2. The number of nitrogens with zero attached hydrogens (tertiary/aromatic N) is 1. The third-order valence-corrected chi connectivity index (χ3v) is 3.88. The highest BCUT2D eigenvalue weighted by molar-refractivity contribution is 6.21. The predicted octanol–water partition coefficient (Wildman–Crippen LogP) is 2.15. The molecule has 0 bridgehead atoms. The van der Waals surface area contributed by atoms with Gasteiger partial charge in [0, 0.05) is 0 Å². The van der Waals surface area contributed by atoms with Crippen molar-refractivity contribution in [2.45, 2.75) is 6.92 Å². The molecule has 6 nitrogen and oxygen atoms in total. The van der Waals surface area contributed by atoms with Crippen LogP contribution in [-0.4, -0.2) is 40.9 Å². The smallest absolute Gasteiger partial charge is 0.341 e. The van der Waals surface area contributed by atoms with Crippen molar-refractivity contribution in [1.29, 1.82) is 0 Å². The van der Waals surface area contributed by atoms with Crippen molar-refractivity contribution in [2.75, 3.05) is 13.2 Å². The van der Waals surface area contributed by atoms with E-state index >= 15 is 0 Å². The van der Waals surface area contributed by atoms with Gasteiger partial charge in [-0.15, -0.1) is 0 Å². The summed E-state index contributed by atoms with van der Waals surface area (Å²) in [5.41, 5.74) is 1.32. The molecule has 2 amide bonds. The Morgan fingerprint density at radius 3 is 2.29 bits per heavy atom. The molecule has 0 saturated heterocycles. The molecule has 0 unspecified atom stereocenters. The number of amides is 2. The molecule has 0 saturated carbocycles. The number of hydrogen-bond acceptors (Lipinski definition) is 5. The van der Waals surface area contributed by atoms with Gasteiger partial charge in [0.15, 0.2) is 0 Å². The van der Waals surface area contributed by atoms with Crippen molar-refractivity contribution in [3.63, 3.8) is 0 Å². The van der Waals surface area contributed by atoms with Crippen LogP contribution in [0.4, 0.5) is 0 Å². The summed E-state index contributed by atoms with van der Waals surface area (Å²) in [7, 11) is 0. The molecule has 0 fully saturated rings. The van der Waals surface area contributed by atoms with Gasteiger partial charge >= 0.3 is 5.97 Å². The van der Waals surface area contributed by atoms with Gasteiger partial charge in [0.25, 0.3) is 11.8 Å². The lowest BCUT2D eigenvalue weighted by atomic mass is 10.1. The van der Waals surface area contributed by atoms with Crippen LogP contribution in [0.1, 0.15) is 36.6 Å². The number of rotatable bonds is 4. The van der Waals surface area contributed by atoms with Gasteiger partial charge in [0.2, 0.25) is 0 Å². The zero-order chi connectivity index (χ0) is 17.3. The number of aromatic hydroxyl groups is 1. The molecular formula is C18H15NO5. The van der Waals surface area contributed by atoms with E-state index in [1.165, 1.54) is 6.07 Å². The molecule has 2 aromatic rings. The van der Waals surface area contributed by atoms with Crippen LogP contribution in [0.25, 0.3) is 0 Å². The van der Waals surface area contributed by atoms with E-state index in [0.29, 0.717) is 16.7 Å². The molecule has 0 radical (unpaired) electrons. The van der Waals surface area contributed by atoms with Gasteiger partial charge in [0.1, 0.15) is 17.9 Å². The zero-order valence-electron chi connectivity index (χ0n) is 13.0. The van der Waals surface area contributed by atoms with Crippen LogP contribution in [0.2, 0.25) is 0 Å². The fraction of sp³-hybridized carbons (Fsp3) is 0.167. The number of ether oxygens (including phenoxy) is 1. The zero-order valence-corrected chi connectivity index (χ0v) is 13.0. The lowest BCUT2D eigenvalue weighted by Gasteiger charge is -2.14. The highest BCUT2D eigenvalue weighted by Gasteiger charge is 2.34. The number of carbonyl (C=O) groups is 3. The van der Waals surface area contributed by atoms with E-state index in [1.54, 1.807) is 43.3 Å². The molecular weight excluding hydrogens is 310 g/mol. The maximum atomic E-state index is 12.2. The number of benzene rings is 2. The number of esters is 1. The van der Waals surface area contributed by atoms with E-state index in [1.807, 2.05) is 0 Å². The fourth-order valence-electron chi connectivity index (χ4n) is 2.57. The van der Waals surface area contributed by atoms with Crippen molar-refractivity contribution >= 4 is 17.8 Å². The van der Waals surface area contributed by atoms with Crippen LogP contribution >= 0.6 is 0 Å². The van der Waals surface area contributed by atoms with Gasteiger partial charge in [-0.2, -0.15) is 0 Å². The van der Waals surface area contributed by atoms with E-state index in [2.05, 4.69) is 0 Å². The second kappa shape index (κ2) is 6.16. The second-order valence-corrected chi connectivity index (χ2v) is 5.41. The number of aryl methyl sites for hydroxylation is 1. The fourth-order valence-corrected chi connectivity index (χ4v) is 2.57. The number of fused-ring (bicyclic) bond motifs is 1. The van der Waals surface area contributed by atoms with Crippen LogP contribution in [-0.2, 0) is 4.74 Å². The first kappa shape index (κ1) is 15.7. The summed E-state index contributed by atoms with van der Waals surface area (Å²) in [6, 6.07) is 11.3. The summed E-state index contributed by atoms with van der Waals surface area (Å²) >= 11 is 0. The molecule has 6 heteroatoms. The van der Waals surface area contributed by atoms with Crippen molar-refractivity contribution in [3.8, 4) is 5.75 Å². The number of carbonyl (C=O) groups excluding carboxylic acids is 3. The number of phenols is 1. The molecule has 0 atom stereocenters. The largest absolute Gasteiger partial charge is 0.507 e. The van der Waals surface area contributed by atoms with Crippen LogP contribution in [0, 0.1) is 6.92 Å². The topological polar surface area (TPSA) is 83.9 Å². The molecule has 1 aliphatic rings. The molecule has 122 valence electrons. The van der Waals surface area contributed by atoms with Crippen molar-refractivity contribution in [3.05, 3.63) is 64.7 Å². The van der Waals surface area contributed by atoms with Gasteiger partial charge in [0.05, 0.1) is 17.7 Å². The standard InChI is InChI=1S/C18H15NO5/c1-11-5-4-8-14(15(11)20)18(23)24-10-9-19-16(21)12-6-2-3-7-13(12)17(19)22/h2-8,20H,9-10H2,1H3. The Morgan fingerprint density at radius 1 is 1.04 bits per heavy atom. The first-order chi connectivity index (χ1) is 11.5. The summed E-state index contributed by atoms with van der Waals surface area (Å²) in [4.78, 5) is 37.4. The Hall–Kier alpha value is -3.15. The van der Waals surface area contributed by atoms with Crippen LogP contribution < -0.4 is 0 Å². The highest BCUT2D eigenvalue weighted by atomic mass is 16.5. The third-order valence-electron chi connectivity index (χ3n) is 3.88. The first-order valence-electron chi connectivity index (χ1n) is 7.41. The van der Waals surface area contributed by atoms with Crippen molar-refractivity contribution < 1.29 is 24.2 Å². The molecule has 0 spiro atoms. The Labute approximate surface area is 138 Å². The second-order valence-electron chi connectivity index (χ2n) is 5.41. The van der Waals surface area contributed by atoms with Gasteiger partial charge in [-0.25, -0.2) is 4.79 Å². The molecule has 1 aliphatic heterocycles. The van der Waals surface area contributed by atoms with E-state index in [0.717, 1.165) is 4.90 Å². The average Bonchev–Trinajstić information content (AvgIpc) is 2.82. The maximum Gasteiger partial charge on any atom is 0.341 e. The first-order valence-corrected chi connectivity index (χ1v) is 7.41. The number of para-hydroxylation sites is 1. The third kappa shape index (κ3) is 2.62. The van der Waals surface area contributed by atoms with Gasteiger partial charge < -0.3 is 9.84 Å². The van der Waals surface area contributed by atoms with Gasteiger partial charge in [-0.05, 0) is 30.7 Å². The Bertz CT molecular complexity index is 808. The van der Waals surface area contributed by atoms with E-state index in [4.69, 9.17) is 4.74 Å². The molecule has 1 heterocycles. The minimum atomic E-state index is -0.701. The van der Waals surface area contributed by atoms with Crippen LogP contribution in [0.5, 0.6) is 5.75 Å². The van der Waals surface area contributed by atoms with Crippen LogP contribution in [0.15, 0.2) is 42.5 Å². The number of hydrogen-bond donors (Lipinski definition) is 1. The number of imide groups is 1. The quantitative estimate of drug-likeness (QED) is 0.688. The lowest BCUT2D eigenvalue weighted by Crippen LogP contribution is -2.33. The molecule has 24 heavy (non-hydrogen) atoms. The monoisotopic (exact) mass is 325 g/mol. The van der Waals surface area contributed by atoms with Gasteiger partial charge in [-0.1, -0.05) is 24.3 Å². The van der Waals surface area contributed by atoms with Gasteiger partial charge in [-0.3, -0.25) is 14.5 Å². The molecule has 1 N–H and O–H groups in total. The molecule has 0 aliphatic carbocycles.